The van der Waals surface area contributed by atoms with Crippen LogP contribution in [0.5, 0.6) is 0 Å². The van der Waals surface area contributed by atoms with Gasteiger partial charge in [-0.3, -0.25) is 0 Å². The van der Waals surface area contributed by atoms with Crippen LogP contribution in [0.25, 0.3) is 0 Å². The van der Waals surface area contributed by atoms with Crippen LogP contribution in [-0.4, -0.2) is 11.2 Å². The summed E-state index contributed by atoms with van der Waals surface area (Å²) in [6.45, 7) is 12.3. The predicted molar refractivity (Wildman–Crippen MR) is 54.1 cm³/mol. The summed E-state index contributed by atoms with van der Waals surface area (Å²) in [5.74, 6) is 0. The van der Waals surface area contributed by atoms with Crippen molar-refractivity contribution in [1.82, 2.24) is 0 Å². The fraction of sp³-hybridized carbons (Fsp3) is 0.818. The van der Waals surface area contributed by atoms with Gasteiger partial charge in [0.15, 0.2) is 0 Å². The van der Waals surface area contributed by atoms with Gasteiger partial charge in [-0.2, -0.15) is 0 Å². The molecule has 1 N–H and O–H groups in total. The Labute approximate surface area is 76.5 Å². The summed E-state index contributed by atoms with van der Waals surface area (Å²) >= 11 is 0. The highest BCUT2D eigenvalue weighted by molar-refractivity contribution is 4.88. The topological polar surface area (TPSA) is 20.2 Å². The van der Waals surface area contributed by atoms with E-state index in [4.69, 9.17) is 0 Å². The van der Waals surface area contributed by atoms with Crippen molar-refractivity contribution >= 4 is 0 Å². The summed E-state index contributed by atoms with van der Waals surface area (Å²) < 4.78 is 0. The van der Waals surface area contributed by atoms with E-state index in [0.717, 1.165) is 24.8 Å². The fourth-order valence-electron chi connectivity index (χ4n) is 1.22. The van der Waals surface area contributed by atoms with Crippen LogP contribution >= 0.6 is 0 Å². The van der Waals surface area contributed by atoms with Gasteiger partial charge >= 0.3 is 0 Å². The van der Waals surface area contributed by atoms with Crippen molar-refractivity contribution in [2.75, 3.05) is 0 Å². The van der Waals surface area contributed by atoms with E-state index in [1.54, 1.807) is 0 Å². The van der Waals surface area contributed by atoms with Crippen LogP contribution in [-0.2, 0) is 0 Å². The molecule has 0 radical (unpaired) electrons. The van der Waals surface area contributed by atoms with Crippen LogP contribution in [0.1, 0.15) is 47.0 Å². The maximum Gasteiger partial charge on any atom is 0.0548 e. The molecule has 1 heteroatoms. The van der Waals surface area contributed by atoms with E-state index in [1.165, 1.54) is 0 Å². The molecule has 0 aromatic carbocycles. The lowest BCUT2D eigenvalue weighted by molar-refractivity contribution is 0.113. The number of hydrogen-bond donors (Lipinski definition) is 1. The molecule has 0 amide bonds. The van der Waals surface area contributed by atoms with E-state index in [1.807, 2.05) is 6.92 Å². The lowest BCUT2D eigenvalue weighted by Gasteiger charge is -2.22. The minimum absolute atomic E-state index is 0.165. The fourth-order valence-corrected chi connectivity index (χ4v) is 1.22. The molecule has 0 aromatic heterocycles. The molecule has 1 nitrogen and oxygen atoms in total. The first-order valence-electron chi connectivity index (χ1n) is 4.64. The Balaban J connectivity index is 3.60. The van der Waals surface area contributed by atoms with Gasteiger partial charge < -0.3 is 5.11 Å². The van der Waals surface area contributed by atoms with Crippen LogP contribution in [0, 0.1) is 5.41 Å². The standard InChI is InChI=1S/C11H22O/c1-9(2)6-7-10(12)8-11(3,4)5/h10,12H,1,6-8H2,2-5H3. The first kappa shape index (κ1) is 11.7. The van der Waals surface area contributed by atoms with Gasteiger partial charge in [0.1, 0.15) is 0 Å². The van der Waals surface area contributed by atoms with Gasteiger partial charge in [-0.05, 0) is 31.6 Å². The molecule has 0 aliphatic heterocycles. The van der Waals surface area contributed by atoms with Crippen LogP contribution < -0.4 is 0 Å². The Kier molecular flexibility index (Phi) is 4.54. The first-order chi connectivity index (χ1) is 5.31. The molecule has 1 atom stereocenters. The lowest BCUT2D eigenvalue weighted by atomic mass is 9.87. The second-order valence-corrected chi connectivity index (χ2v) is 4.91. The molecular weight excluding hydrogens is 148 g/mol. The molecule has 1 unspecified atom stereocenters. The second kappa shape index (κ2) is 4.66. The zero-order valence-electron chi connectivity index (χ0n) is 8.85. The normalized spacial score (nSPS) is 14.4. The van der Waals surface area contributed by atoms with Crippen molar-refractivity contribution in [1.29, 1.82) is 0 Å². The van der Waals surface area contributed by atoms with Gasteiger partial charge in [0.05, 0.1) is 6.10 Å². The zero-order valence-corrected chi connectivity index (χ0v) is 8.85. The molecule has 0 spiro atoms. The van der Waals surface area contributed by atoms with Gasteiger partial charge in [-0.15, -0.1) is 6.58 Å². The Morgan fingerprint density at radius 1 is 1.42 bits per heavy atom. The molecule has 0 fully saturated rings. The van der Waals surface area contributed by atoms with Gasteiger partial charge in [0.25, 0.3) is 0 Å². The number of allylic oxidation sites excluding steroid dienone is 1. The van der Waals surface area contributed by atoms with Crippen molar-refractivity contribution in [3.8, 4) is 0 Å². The Hall–Kier alpha value is -0.300. The Morgan fingerprint density at radius 2 is 1.92 bits per heavy atom. The SMILES string of the molecule is C=C(C)CCC(O)CC(C)(C)C. The molecule has 0 rings (SSSR count). The molecule has 12 heavy (non-hydrogen) atoms. The summed E-state index contributed by atoms with van der Waals surface area (Å²) in [5.41, 5.74) is 1.39. The summed E-state index contributed by atoms with van der Waals surface area (Å²) in [6.07, 6.45) is 2.51. The molecule has 0 aromatic rings. The van der Waals surface area contributed by atoms with Gasteiger partial charge in [0.2, 0.25) is 0 Å². The monoisotopic (exact) mass is 170 g/mol. The quantitative estimate of drug-likeness (QED) is 0.643. The van der Waals surface area contributed by atoms with Crippen molar-refractivity contribution < 1.29 is 5.11 Å². The number of hydrogen-bond acceptors (Lipinski definition) is 1. The molecule has 0 aliphatic rings. The lowest BCUT2D eigenvalue weighted by Crippen LogP contribution is -2.17. The minimum Gasteiger partial charge on any atom is -0.393 e. The smallest absolute Gasteiger partial charge is 0.0548 e. The first-order valence-corrected chi connectivity index (χ1v) is 4.64. The summed E-state index contributed by atoms with van der Waals surface area (Å²) in [7, 11) is 0. The van der Waals surface area contributed by atoms with Crippen molar-refractivity contribution in [2.45, 2.75) is 53.1 Å². The molecule has 72 valence electrons. The van der Waals surface area contributed by atoms with E-state index >= 15 is 0 Å². The number of aliphatic hydroxyl groups excluding tert-OH is 1. The maximum atomic E-state index is 9.59. The van der Waals surface area contributed by atoms with Crippen molar-refractivity contribution in [3.63, 3.8) is 0 Å². The van der Waals surface area contributed by atoms with E-state index in [0.29, 0.717) is 0 Å². The molecule has 0 saturated carbocycles. The summed E-state index contributed by atoms with van der Waals surface area (Å²) in [4.78, 5) is 0. The molecule has 0 bridgehead atoms. The molecule has 0 heterocycles. The van der Waals surface area contributed by atoms with Crippen LogP contribution in [0.3, 0.4) is 0 Å². The van der Waals surface area contributed by atoms with Crippen molar-refractivity contribution in [2.24, 2.45) is 5.41 Å². The summed E-state index contributed by atoms with van der Waals surface area (Å²) in [6, 6.07) is 0. The minimum atomic E-state index is -0.165. The third-order valence-electron chi connectivity index (χ3n) is 1.75. The maximum absolute atomic E-state index is 9.59. The largest absolute Gasteiger partial charge is 0.393 e. The highest BCUT2D eigenvalue weighted by Gasteiger charge is 2.15. The van der Waals surface area contributed by atoms with Crippen LogP contribution in [0.2, 0.25) is 0 Å². The van der Waals surface area contributed by atoms with E-state index < -0.39 is 0 Å². The molecular formula is C11H22O. The van der Waals surface area contributed by atoms with Gasteiger partial charge in [0, 0.05) is 0 Å². The molecule has 0 saturated heterocycles. The third kappa shape index (κ3) is 7.80. The van der Waals surface area contributed by atoms with E-state index in [9.17, 15) is 5.11 Å². The van der Waals surface area contributed by atoms with Crippen molar-refractivity contribution in [3.05, 3.63) is 12.2 Å². The van der Waals surface area contributed by atoms with E-state index in [2.05, 4.69) is 27.4 Å². The van der Waals surface area contributed by atoms with Crippen LogP contribution in [0.15, 0.2) is 12.2 Å². The Bertz CT molecular complexity index is 142. The van der Waals surface area contributed by atoms with Crippen LogP contribution in [0.4, 0.5) is 0 Å². The highest BCUT2D eigenvalue weighted by Crippen LogP contribution is 2.23. The third-order valence-corrected chi connectivity index (χ3v) is 1.75. The van der Waals surface area contributed by atoms with Gasteiger partial charge in [-0.1, -0.05) is 26.3 Å². The Morgan fingerprint density at radius 3 is 2.25 bits per heavy atom. The number of aliphatic hydroxyl groups is 1. The number of rotatable bonds is 4. The molecule has 0 aliphatic carbocycles. The van der Waals surface area contributed by atoms with E-state index in [-0.39, 0.29) is 11.5 Å². The zero-order chi connectivity index (χ0) is 9.78. The van der Waals surface area contributed by atoms with Gasteiger partial charge in [-0.25, -0.2) is 0 Å². The average molecular weight is 170 g/mol. The second-order valence-electron chi connectivity index (χ2n) is 4.91. The highest BCUT2D eigenvalue weighted by atomic mass is 16.3. The average Bonchev–Trinajstić information content (AvgIpc) is 1.79. The summed E-state index contributed by atoms with van der Waals surface area (Å²) in [5, 5.41) is 9.59. The predicted octanol–water partition coefficient (Wildman–Crippen LogP) is 3.14.